The Balaban J connectivity index is 3.03. The van der Waals surface area contributed by atoms with Gasteiger partial charge in [-0.25, -0.2) is 0 Å². The van der Waals surface area contributed by atoms with E-state index in [2.05, 4.69) is 21.0 Å². The van der Waals surface area contributed by atoms with Gasteiger partial charge in [0.15, 0.2) is 5.92 Å². The number of aliphatic carboxylic acids is 1. The van der Waals surface area contributed by atoms with Crippen LogP contribution in [0.5, 0.6) is 0 Å². The third-order valence-corrected chi connectivity index (χ3v) is 3.75. The highest BCUT2D eigenvalue weighted by Crippen LogP contribution is 2.24. The van der Waals surface area contributed by atoms with E-state index in [1.807, 2.05) is 13.8 Å². The minimum absolute atomic E-state index is 0.0590. The van der Waals surface area contributed by atoms with E-state index in [1.165, 1.54) is 0 Å². The van der Waals surface area contributed by atoms with Crippen molar-refractivity contribution in [2.24, 2.45) is 5.92 Å². The molecule has 1 heterocycles. The van der Waals surface area contributed by atoms with Crippen molar-refractivity contribution >= 4 is 27.9 Å². The zero-order valence-electron chi connectivity index (χ0n) is 11.1. The number of esters is 1. The second-order valence-corrected chi connectivity index (χ2v) is 4.80. The molecule has 0 fully saturated rings. The lowest BCUT2D eigenvalue weighted by Gasteiger charge is -2.12. The monoisotopic (exact) mass is 332 g/mol. The van der Waals surface area contributed by atoms with Crippen molar-refractivity contribution in [1.82, 2.24) is 9.78 Å². The summed E-state index contributed by atoms with van der Waals surface area (Å²) in [7, 11) is 0. The van der Waals surface area contributed by atoms with Crippen molar-refractivity contribution in [3.63, 3.8) is 0 Å². The number of carbonyl (C=O) groups is 2. The van der Waals surface area contributed by atoms with E-state index >= 15 is 0 Å². The Bertz CT molecular complexity index is 484. The summed E-state index contributed by atoms with van der Waals surface area (Å²) in [5, 5.41) is 13.4. The van der Waals surface area contributed by atoms with Gasteiger partial charge in [0.05, 0.1) is 22.5 Å². The first-order valence-electron chi connectivity index (χ1n) is 6.03. The number of halogens is 1. The SMILES string of the molecule is CCOC(=O)C(Cc1c(Br)c(C)nn1CC)C(=O)O. The van der Waals surface area contributed by atoms with Crippen LogP contribution in [0.3, 0.4) is 0 Å². The Morgan fingerprint density at radius 1 is 1.47 bits per heavy atom. The Labute approximate surface area is 119 Å². The predicted octanol–water partition coefficient (Wildman–Crippen LogP) is 1.78. The highest BCUT2D eigenvalue weighted by molar-refractivity contribution is 9.10. The number of ether oxygens (including phenoxy) is 1. The van der Waals surface area contributed by atoms with Gasteiger partial charge in [0, 0.05) is 13.0 Å². The smallest absolute Gasteiger partial charge is 0.320 e. The number of carboxylic acid groups (broad SMARTS) is 1. The van der Waals surface area contributed by atoms with Gasteiger partial charge in [-0.3, -0.25) is 14.3 Å². The van der Waals surface area contributed by atoms with Crippen LogP contribution in [0.2, 0.25) is 0 Å². The number of aromatic nitrogens is 2. The van der Waals surface area contributed by atoms with Gasteiger partial charge in [0.25, 0.3) is 0 Å². The van der Waals surface area contributed by atoms with Crippen molar-refractivity contribution in [3.05, 3.63) is 15.9 Å². The molecule has 0 radical (unpaired) electrons. The van der Waals surface area contributed by atoms with Gasteiger partial charge in [-0.05, 0) is 36.7 Å². The Kier molecular flexibility index (Phi) is 5.53. The predicted molar refractivity (Wildman–Crippen MR) is 71.8 cm³/mol. The molecule has 1 unspecified atom stereocenters. The average molecular weight is 333 g/mol. The second kappa shape index (κ2) is 6.70. The molecule has 1 aromatic rings. The molecular formula is C12H17BrN2O4. The third kappa shape index (κ3) is 3.56. The molecule has 1 atom stereocenters. The van der Waals surface area contributed by atoms with Crippen molar-refractivity contribution in [2.75, 3.05) is 6.61 Å². The van der Waals surface area contributed by atoms with Crippen LogP contribution in [0.4, 0.5) is 0 Å². The molecular weight excluding hydrogens is 316 g/mol. The van der Waals surface area contributed by atoms with E-state index in [9.17, 15) is 9.59 Å². The molecule has 0 bridgehead atoms. The molecule has 0 saturated carbocycles. The van der Waals surface area contributed by atoms with E-state index in [0.29, 0.717) is 12.2 Å². The highest BCUT2D eigenvalue weighted by atomic mass is 79.9. The standard InChI is InChI=1S/C12H17BrN2O4/c1-4-15-9(10(13)7(3)14-15)6-8(11(16)17)12(18)19-5-2/h8H,4-6H2,1-3H3,(H,16,17). The molecule has 106 valence electrons. The Morgan fingerprint density at radius 3 is 2.58 bits per heavy atom. The van der Waals surface area contributed by atoms with Gasteiger partial charge in [-0.2, -0.15) is 5.10 Å². The lowest BCUT2D eigenvalue weighted by atomic mass is 10.0. The van der Waals surface area contributed by atoms with E-state index in [4.69, 9.17) is 9.84 Å². The molecule has 0 amide bonds. The van der Waals surface area contributed by atoms with Gasteiger partial charge < -0.3 is 9.84 Å². The van der Waals surface area contributed by atoms with Crippen molar-refractivity contribution in [1.29, 1.82) is 0 Å². The van der Waals surface area contributed by atoms with Gasteiger partial charge >= 0.3 is 11.9 Å². The first-order chi connectivity index (χ1) is 8.92. The molecule has 6 nitrogen and oxygen atoms in total. The molecule has 0 aliphatic heterocycles. The number of carboxylic acids is 1. The number of rotatable bonds is 6. The number of hydrogen-bond donors (Lipinski definition) is 1. The lowest BCUT2D eigenvalue weighted by molar-refractivity contribution is -0.158. The van der Waals surface area contributed by atoms with Gasteiger partial charge in [-0.15, -0.1) is 0 Å². The fraction of sp³-hybridized carbons (Fsp3) is 0.583. The molecule has 0 spiro atoms. The van der Waals surface area contributed by atoms with Crippen LogP contribution in [-0.2, 0) is 27.3 Å². The quantitative estimate of drug-likeness (QED) is 0.634. The number of hydrogen-bond acceptors (Lipinski definition) is 4. The number of carbonyl (C=O) groups excluding carboxylic acids is 1. The lowest BCUT2D eigenvalue weighted by Crippen LogP contribution is -2.29. The first kappa shape index (κ1) is 15.7. The summed E-state index contributed by atoms with van der Waals surface area (Å²) in [6.45, 7) is 6.14. The van der Waals surface area contributed by atoms with Gasteiger partial charge in [-0.1, -0.05) is 0 Å². The van der Waals surface area contributed by atoms with Crippen LogP contribution in [0, 0.1) is 12.8 Å². The third-order valence-electron chi connectivity index (χ3n) is 2.72. The Morgan fingerprint density at radius 2 is 2.11 bits per heavy atom. The number of nitrogens with zero attached hydrogens (tertiary/aromatic N) is 2. The molecule has 1 N–H and O–H groups in total. The van der Waals surface area contributed by atoms with Crippen LogP contribution < -0.4 is 0 Å². The van der Waals surface area contributed by atoms with E-state index in [-0.39, 0.29) is 13.0 Å². The molecule has 1 aromatic heterocycles. The van der Waals surface area contributed by atoms with E-state index < -0.39 is 17.9 Å². The maximum atomic E-state index is 11.7. The van der Waals surface area contributed by atoms with Crippen molar-refractivity contribution in [2.45, 2.75) is 33.7 Å². The van der Waals surface area contributed by atoms with Crippen LogP contribution in [0.1, 0.15) is 25.2 Å². The van der Waals surface area contributed by atoms with Crippen LogP contribution >= 0.6 is 15.9 Å². The van der Waals surface area contributed by atoms with E-state index in [1.54, 1.807) is 11.6 Å². The minimum atomic E-state index is -1.21. The average Bonchev–Trinajstić information content (AvgIpc) is 2.62. The van der Waals surface area contributed by atoms with Crippen molar-refractivity contribution < 1.29 is 19.4 Å². The minimum Gasteiger partial charge on any atom is -0.481 e. The summed E-state index contributed by atoms with van der Waals surface area (Å²) in [6, 6.07) is 0. The zero-order chi connectivity index (χ0) is 14.6. The highest BCUT2D eigenvalue weighted by Gasteiger charge is 2.30. The summed E-state index contributed by atoms with van der Waals surface area (Å²) in [4.78, 5) is 22.9. The van der Waals surface area contributed by atoms with Crippen LogP contribution in [0.25, 0.3) is 0 Å². The summed E-state index contributed by atoms with van der Waals surface area (Å²) in [6.07, 6.45) is 0.0590. The summed E-state index contributed by atoms with van der Waals surface area (Å²) < 4.78 is 7.22. The molecule has 0 aliphatic carbocycles. The van der Waals surface area contributed by atoms with Crippen LogP contribution in [0.15, 0.2) is 4.47 Å². The first-order valence-corrected chi connectivity index (χ1v) is 6.82. The second-order valence-electron chi connectivity index (χ2n) is 4.01. The largest absolute Gasteiger partial charge is 0.481 e. The van der Waals surface area contributed by atoms with E-state index in [0.717, 1.165) is 10.2 Å². The molecule has 1 rings (SSSR count). The molecule has 0 saturated heterocycles. The molecule has 19 heavy (non-hydrogen) atoms. The maximum absolute atomic E-state index is 11.7. The zero-order valence-corrected chi connectivity index (χ0v) is 12.7. The topological polar surface area (TPSA) is 81.4 Å². The van der Waals surface area contributed by atoms with Gasteiger partial charge in [0.1, 0.15) is 0 Å². The fourth-order valence-corrected chi connectivity index (χ4v) is 2.22. The Hall–Kier alpha value is -1.37. The molecule has 7 heteroatoms. The normalized spacial score (nSPS) is 12.2. The summed E-state index contributed by atoms with van der Waals surface area (Å²) in [5.41, 5.74) is 1.46. The van der Waals surface area contributed by atoms with Crippen molar-refractivity contribution in [3.8, 4) is 0 Å². The summed E-state index contributed by atoms with van der Waals surface area (Å²) in [5.74, 6) is -3.12. The fourth-order valence-electron chi connectivity index (χ4n) is 1.77. The van der Waals surface area contributed by atoms with Crippen LogP contribution in [-0.4, -0.2) is 33.4 Å². The molecule has 0 aromatic carbocycles. The number of aryl methyl sites for hydroxylation is 2. The summed E-state index contributed by atoms with van der Waals surface area (Å²) >= 11 is 3.38. The maximum Gasteiger partial charge on any atom is 0.320 e. The van der Waals surface area contributed by atoms with Gasteiger partial charge in [0.2, 0.25) is 0 Å². The molecule has 0 aliphatic rings.